The molecule has 1 amide bonds. The second-order valence-corrected chi connectivity index (χ2v) is 7.63. The van der Waals surface area contributed by atoms with Crippen LogP contribution in [0.1, 0.15) is 37.2 Å². The van der Waals surface area contributed by atoms with Crippen molar-refractivity contribution in [3.8, 4) is 0 Å². The summed E-state index contributed by atoms with van der Waals surface area (Å²) in [4.78, 5) is 24.3. The maximum atomic E-state index is 13.1. The van der Waals surface area contributed by atoms with Gasteiger partial charge in [-0.1, -0.05) is 0 Å². The van der Waals surface area contributed by atoms with Crippen molar-refractivity contribution in [1.82, 2.24) is 14.8 Å². The largest absolute Gasteiger partial charge is 0.372 e. The standard InChI is InChI=1S/C19H28N4O2/c1-14-12-22(13-15(2)25-14)17-3-6-20-18(11-17)19(24)23-10-9-21-7-4-16(23)5-8-21/h3,6,11,14-16H,4-5,7-10,12-13H2,1-2H3. The Kier molecular flexibility index (Phi) is 4.65. The van der Waals surface area contributed by atoms with Gasteiger partial charge in [0.05, 0.1) is 12.2 Å². The van der Waals surface area contributed by atoms with Crippen molar-refractivity contribution in [3.63, 3.8) is 0 Å². The quantitative estimate of drug-likeness (QED) is 0.816. The molecule has 25 heavy (non-hydrogen) atoms. The number of carbonyl (C=O) groups excluding carboxylic acids is 1. The Morgan fingerprint density at radius 2 is 1.84 bits per heavy atom. The molecule has 0 spiro atoms. The van der Waals surface area contributed by atoms with Gasteiger partial charge in [-0.05, 0) is 38.8 Å². The molecule has 6 nitrogen and oxygen atoms in total. The molecule has 0 aliphatic carbocycles. The predicted octanol–water partition coefficient (Wildman–Crippen LogP) is 1.62. The van der Waals surface area contributed by atoms with E-state index in [1.807, 2.05) is 12.1 Å². The van der Waals surface area contributed by atoms with E-state index in [-0.39, 0.29) is 18.1 Å². The van der Waals surface area contributed by atoms with Gasteiger partial charge in [0.2, 0.25) is 0 Å². The summed E-state index contributed by atoms with van der Waals surface area (Å²) in [6.07, 6.45) is 4.34. The van der Waals surface area contributed by atoms with Gasteiger partial charge >= 0.3 is 0 Å². The number of hydrogen-bond acceptors (Lipinski definition) is 5. The van der Waals surface area contributed by atoms with Gasteiger partial charge in [-0.2, -0.15) is 0 Å². The van der Waals surface area contributed by atoms with Crippen molar-refractivity contribution in [2.75, 3.05) is 44.2 Å². The molecule has 4 fully saturated rings. The molecule has 5 heterocycles. The van der Waals surface area contributed by atoms with Gasteiger partial charge in [-0.15, -0.1) is 0 Å². The minimum Gasteiger partial charge on any atom is -0.372 e. The first-order valence-electron chi connectivity index (χ1n) is 9.50. The van der Waals surface area contributed by atoms with Crippen LogP contribution in [0.4, 0.5) is 5.69 Å². The van der Waals surface area contributed by atoms with Crippen LogP contribution in [0, 0.1) is 0 Å². The fraction of sp³-hybridized carbons (Fsp3) is 0.684. The highest BCUT2D eigenvalue weighted by Crippen LogP contribution is 2.24. The molecule has 0 N–H and O–H groups in total. The topological polar surface area (TPSA) is 48.9 Å². The van der Waals surface area contributed by atoms with Crippen LogP contribution in [0.15, 0.2) is 18.3 Å². The van der Waals surface area contributed by atoms with Crippen molar-refractivity contribution in [2.45, 2.75) is 44.9 Å². The summed E-state index contributed by atoms with van der Waals surface area (Å²) in [7, 11) is 0. The van der Waals surface area contributed by atoms with E-state index in [9.17, 15) is 4.79 Å². The van der Waals surface area contributed by atoms with E-state index in [2.05, 4.69) is 33.5 Å². The third kappa shape index (κ3) is 3.51. The summed E-state index contributed by atoms with van der Waals surface area (Å²) >= 11 is 0. The molecule has 0 aromatic carbocycles. The summed E-state index contributed by atoms with van der Waals surface area (Å²) in [6.45, 7) is 9.93. The zero-order valence-electron chi connectivity index (χ0n) is 15.2. The second kappa shape index (κ2) is 6.92. The Labute approximate surface area is 149 Å². The van der Waals surface area contributed by atoms with Crippen LogP contribution in [0.5, 0.6) is 0 Å². The summed E-state index contributed by atoms with van der Waals surface area (Å²) in [5, 5.41) is 0. The average Bonchev–Trinajstić information content (AvgIpc) is 2.94. The zero-order valence-corrected chi connectivity index (χ0v) is 15.2. The van der Waals surface area contributed by atoms with E-state index in [4.69, 9.17) is 4.74 Å². The third-order valence-corrected chi connectivity index (χ3v) is 5.66. The second-order valence-electron chi connectivity index (χ2n) is 7.63. The summed E-state index contributed by atoms with van der Waals surface area (Å²) in [5.74, 6) is 0.0879. The lowest BCUT2D eigenvalue weighted by molar-refractivity contribution is -0.00522. The van der Waals surface area contributed by atoms with E-state index in [0.29, 0.717) is 11.7 Å². The van der Waals surface area contributed by atoms with Crippen LogP contribution in [0.25, 0.3) is 0 Å². The van der Waals surface area contributed by atoms with E-state index < -0.39 is 0 Å². The number of hydrogen-bond donors (Lipinski definition) is 0. The molecule has 1 aromatic rings. The molecule has 6 heteroatoms. The first-order valence-corrected chi connectivity index (χ1v) is 9.50. The van der Waals surface area contributed by atoms with Gasteiger partial charge in [0.1, 0.15) is 5.69 Å². The number of carbonyl (C=O) groups is 1. The van der Waals surface area contributed by atoms with Crippen LogP contribution in [-0.2, 0) is 4.74 Å². The minimum atomic E-state index is 0.0879. The van der Waals surface area contributed by atoms with Crippen LogP contribution in [-0.4, -0.2) is 78.2 Å². The number of nitrogens with zero attached hydrogens (tertiary/aromatic N) is 4. The normalized spacial score (nSPS) is 32.6. The number of anilines is 1. The Morgan fingerprint density at radius 3 is 2.56 bits per heavy atom. The molecule has 4 aliphatic rings. The fourth-order valence-electron chi connectivity index (χ4n) is 4.42. The van der Waals surface area contributed by atoms with E-state index >= 15 is 0 Å². The number of rotatable bonds is 2. The monoisotopic (exact) mass is 344 g/mol. The lowest BCUT2D eigenvalue weighted by Gasteiger charge is -2.37. The maximum absolute atomic E-state index is 13.1. The smallest absolute Gasteiger partial charge is 0.272 e. The number of pyridine rings is 1. The van der Waals surface area contributed by atoms with Gasteiger partial charge < -0.3 is 19.4 Å². The molecule has 136 valence electrons. The predicted molar refractivity (Wildman–Crippen MR) is 97.0 cm³/mol. The van der Waals surface area contributed by atoms with Gasteiger partial charge in [0.25, 0.3) is 5.91 Å². The molecule has 0 saturated carbocycles. The molecule has 0 radical (unpaired) electrons. The van der Waals surface area contributed by atoms with Gasteiger partial charge in [-0.3, -0.25) is 9.78 Å². The zero-order chi connectivity index (χ0) is 17.4. The molecular weight excluding hydrogens is 316 g/mol. The van der Waals surface area contributed by atoms with Crippen molar-refractivity contribution < 1.29 is 9.53 Å². The molecule has 4 aliphatic heterocycles. The highest BCUT2D eigenvalue weighted by molar-refractivity contribution is 5.93. The van der Waals surface area contributed by atoms with E-state index in [1.54, 1.807) is 6.20 Å². The molecule has 4 saturated heterocycles. The van der Waals surface area contributed by atoms with Gasteiger partial charge in [-0.25, -0.2) is 0 Å². The molecule has 2 bridgehead atoms. The lowest BCUT2D eigenvalue weighted by Crippen LogP contribution is -2.45. The van der Waals surface area contributed by atoms with Crippen molar-refractivity contribution >= 4 is 11.6 Å². The third-order valence-electron chi connectivity index (χ3n) is 5.66. The maximum Gasteiger partial charge on any atom is 0.272 e. The highest BCUT2D eigenvalue weighted by Gasteiger charge is 2.33. The number of aromatic nitrogens is 1. The number of morpholine rings is 1. The number of piperidine rings is 1. The van der Waals surface area contributed by atoms with E-state index in [0.717, 1.165) is 57.8 Å². The Morgan fingerprint density at radius 1 is 1.12 bits per heavy atom. The van der Waals surface area contributed by atoms with Crippen LogP contribution >= 0.6 is 0 Å². The minimum absolute atomic E-state index is 0.0879. The summed E-state index contributed by atoms with van der Waals surface area (Å²) in [6, 6.07) is 4.34. The molecule has 1 aromatic heterocycles. The van der Waals surface area contributed by atoms with Gasteiger partial charge in [0, 0.05) is 57.2 Å². The van der Waals surface area contributed by atoms with Crippen molar-refractivity contribution in [3.05, 3.63) is 24.0 Å². The lowest BCUT2D eigenvalue weighted by atomic mass is 10.0. The van der Waals surface area contributed by atoms with Crippen LogP contribution in [0.3, 0.4) is 0 Å². The Bertz CT molecular complexity index is 620. The van der Waals surface area contributed by atoms with E-state index in [1.165, 1.54) is 0 Å². The summed E-state index contributed by atoms with van der Waals surface area (Å²) in [5.41, 5.74) is 1.65. The first kappa shape index (κ1) is 16.8. The highest BCUT2D eigenvalue weighted by atomic mass is 16.5. The number of ether oxygens (including phenoxy) is 1. The average molecular weight is 344 g/mol. The number of fused-ring (bicyclic) bond motifs is 4. The number of amides is 1. The molecule has 5 rings (SSSR count). The molecule has 2 atom stereocenters. The van der Waals surface area contributed by atoms with Crippen LogP contribution in [0.2, 0.25) is 0 Å². The Hall–Kier alpha value is -1.66. The van der Waals surface area contributed by atoms with Crippen LogP contribution < -0.4 is 4.90 Å². The Balaban J connectivity index is 1.53. The SMILES string of the molecule is CC1CN(c2ccnc(C(=O)N3CCN4CCC3CC4)c2)CC(C)O1. The van der Waals surface area contributed by atoms with Gasteiger partial charge in [0.15, 0.2) is 0 Å². The summed E-state index contributed by atoms with van der Waals surface area (Å²) < 4.78 is 5.82. The van der Waals surface area contributed by atoms with Crippen molar-refractivity contribution in [2.24, 2.45) is 0 Å². The molecular formula is C19H28N4O2. The van der Waals surface area contributed by atoms with Crippen molar-refractivity contribution in [1.29, 1.82) is 0 Å². The first-order chi connectivity index (χ1) is 12.1. The fourth-order valence-corrected chi connectivity index (χ4v) is 4.42. The molecule has 2 unspecified atom stereocenters.